The fraction of sp³-hybridized carbons (Fsp3) is 1.00. The molecule has 2 nitrogen and oxygen atoms in total. The van der Waals surface area contributed by atoms with Gasteiger partial charge in [-0.3, -0.25) is 5.84 Å². The van der Waals surface area contributed by atoms with Crippen LogP contribution in [0.15, 0.2) is 0 Å². The van der Waals surface area contributed by atoms with Gasteiger partial charge in [0.05, 0.1) is 0 Å². The van der Waals surface area contributed by atoms with E-state index in [1.165, 1.54) is 77.0 Å². The van der Waals surface area contributed by atoms with Gasteiger partial charge >= 0.3 is 0 Å². The lowest BCUT2D eigenvalue weighted by Gasteiger charge is -2.50. The largest absolute Gasteiger partial charge is 0.268 e. The van der Waals surface area contributed by atoms with Crippen LogP contribution < -0.4 is 5.84 Å². The first-order valence-electron chi connectivity index (χ1n) is 9.83. The third-order valence-electron chi connectivity index (χ3n) is 5.09. The summed E-state index contributed by atoms with van der Waals surface area (Å²) in [5.41, 5.74) is 0.365. The average Bonchev–Trinajstić information content (AvgIpc) is 2.44. The van der Waals surface area contributed by atoms with E-state index in [4.69, 9.17) is 5.84 Å². The highest BCUT2D eigenvalue weighted by molar-refractivity contribution is 4.93. The lowest BCUT2D eigenvalue weighted by Crippen LogP contribution is -2.62. The lowest BCUT2D eigenvalue weighted by molar-refractivity contribution is -0.0278. The van der Waals surface area contributed by atoms with Crippen LogP contribution in [0.3, 0.4) is 0 Å². The zero-order valence-corrected chi connectivity index (χ0v) is 16.5. The lowest BCUT2D eigenvalue weighted by atomic mass is 9.82. The smallest absolute Gasteiger partial charge is 0.0301 e. The fourth-order valence-electron chi connectivity index (χ4n) is 3.40. The molecule has 1 rings (SSSR count). The van der Waals surface area contributed by atoms with Gasteiger partial charge in [-0.2, -0.15) is 0 Å². The number of nitrogens with two attached hydrogens (primary N) is 1. The Morgan fingerprint density at radius 3 is 1.27 bits per heavy atom. The first-order valence-corrected chi connectivity index (χ1v) is 9.83. The maximum atomic E-state index is 6.02. The molecule has 0 unspecified atom stereocenters. The molecule has 1 saturated heterocycles. The summed E-state index contributed by atoms with van der Waals surface area (Å²) in [6, 6.07) is 0. The van der Waals surface area contributed by atoms with E-state index in [0.717, 1.165) is 0 Å². The Kier molecular flexibility index (Phi) is 11.4. The van der Waals surface area contributed by atoms with Crippen LogP contribution in [0.5, 0.6) is 0 Å². The molecule has 2 heteroatoms. The topological polar surface area (TPSA) is 29.3 Å². The van der Waals surface area contributed by atoms with Gasteiger partial charge in [-0.25, -0.2) is 5.01 Å². The third-order valence-corrected chi connectivity index (χ3v) is 5.09. The molecule has 0 amide bonds. The molecule has 22 heavy (non-hydrogen) atoms. The van der Waals surface area contributed by atoms with Gasteiger partial charge in [-0.05, 0) is 47.0 Å². The monoisotopic (exact) mass is 312 g/mol. The van der Waals surface area contributed by atoms with Crippen molar-refractivity contribution < 1.29 is 0 Å². The molecule has 0 aliphatic carbocycles. The van der Waals surface area contributed by atoms with Crippen LogP contribution in [-0.2, 0) is 0 Å². The number of hydrogen-bond acceptors (Lipinski definition) is 2. The molecular weight excluding hydrogens is 268 g/mol. The number of nitrogens with zero attached hydrogens (tertiary/aromatic N) is 1. The number of hydrazine groups is 1. The molecule has 0 radical (unpaired) electrons. The van der Waals surface area contributed by atoms with Crippen molar-refractivity contribution in [2.24, 2.45) is 5.84 Å². The Morgan fingerprint density at radius 1 is 0.682 bits per heavy atom. The molecule has 2 N–H and O–H groups in total. The van der Waals surface area contributed by atoms with Crippen LogP contribution >= 0.6 is 0 Å². The van der Waals surface area contributed by atoms with E-state index in [2.05, 4.69) is 41.5 Å². The summed E-state index contributed by atoms with van der Waals surface area (Å²) in [4.78, 5) is 0. The van der Waals surface area contributed by atoms with E-state index in [-0.39, 0.29) is 11.1 Å². The number of rotatable bonds is 8. The Bertz CT molecular complexity index is 234. The number of piperidine rings is 1. The molecule has 0 atom stereocenters. The maximum absolute atomic E-state index is 6.02. The van der Waals surface area contributed by atoms with Gasteiger partial charge in [-0.15, -0.1) is 0 Å². The highest BCUT2D eigenvalue weighted by atomic mass is 15.5. The Hall–Kier alpha value is -0.0800. The summed E-state index contributed by atoms with van der Waals surface area (Å²) in [6.45, 7) is 13.4. The van der Waals surface area contributed by atoms with Crippen LogP contribution in [-0.4, -0.2) is 16.1 Å². The highest BCUT2D eigenvalue weighted by Crippen LogP contribution is 2.34. The fourth-order valence-corrected chi connectivity index (χ4v) is 3.40. The van der Waals surface area contributed by atoms with Gasteiger partial charge in [0.2, 0.25) is 0 Å². The Morgan fingerprint density at radius 2 is 1.00 bits per heavy atom. The van der Waals surface area contributed by atoms with Crippen molar-refractivity contribution in [3.05, 3.63) is 0 Å². The van der Waals surface area contributed by atoms with Crippen molar-refractivity contribution in [3.8, 4) is 0 Å². The molecule has 1 aliphatic rings. The normalized spacial score (nSPS) is 20.3. The van der Waals surface area contributed by atoms with Gasteiger partial charge in [0.25, 0.3) is 0 Å². The molecule has 1 aliphatic heterocycles. The summed E-state index contributed by atoms with van der Waals surface area (Å²) < 4.78 is 0. The maximum Gasteiger partial charge on any atom is 0.0301 e. The minimum Gasteiger partial charge on any atom is -0.268 e. The molecule has 0 spiro atoms. The molecule has 134 valence electrons. The summed E-state index contributed by atoms with van der Waals surface area (Å²) in [5.74, 6) is 6.02. The first-order chi connectivity index (χ1) is 10.3. The predicted octanol–water partition coefficient (Wildman–Crippen LogP) is 6.44. The molecule has 1 heterocycles. The van der Waals surface area contributed by atoms with Crippen LogP contribution in [0.25, 0.3) is 0 Å². The van der Waals surface area contributed by atoms with Crippen molar-refractivity contribution in [1.29, 1.82) is 0 Å². The van der Waals surface area contributed by atoms with Gasteiger partial charge in [0.15, 0.2) is 0 Å². The number of hydrogen-bond donors (Lipinski definition) is 1. The Labute approximate surface area is 141 Å². The SMILES string of the molecule is CC1(C)CCCC(C)(C)N1N.CCCCCCCCCCC. The highest BCUT2D eigenvalue weighted by Gasteiger charge is 2.38. The van der Waals surface area contributed by atoms with Crippen molar-refractivity contribution in [1.82, 2.24) is 5.01 Å². The van der Waals surface area contributed by atoms with E-state index in [1.54, 1.807) is 0 Å². The van der Waals surface area contributed by atoms with E-state index in [9.17, 15) is 0 Å². The summed E-state index contributed by atoms with van der Waals surface area (Å²) in [7, 11) is 0. The van der Waals surface area contributed by atoms with Crippen LogP contribution in [0.1, 0.15) is 119 Å². The zero-order valence-electron chi connectivity index (χ0n) is 16.5. The Balaban J connectivity index is 0.000000401. The molecule has 0 bridgehead atoms. The molecular formula is C20H44N2. The minimum absolute atomic E-state index is 0.182. The summed E-state index contributed by atoms with van der Waals surface area (Å²) in [6.07, 6.45) is 16.7. The van der Waals surface area contributed by atoms with Gasteiger partial charge in [0.1, 0.15) is 0 Å². The first kappa shape index (κ1) is 21.9. The van der Waals surface area contributed by atoms with Crippen LogP contribution in [0.2, 0.25) is 0 Å². The van der Waals surface area contributed by atoms with Crippen molar-refractivity contribution in [3.63, 3.8) is 0 Å². The van der Waals surface area contributed by atoms with Gasteiger partial charge < -0.3 is 0 Å². The molecule has 0 aromatic carbocycles. The zero-order chi connectivity index (χ0) is 17.1. The molecule has 1 fully saturated rings. The minimum atomic E-state index is 0.182. The van der Waals surface area contributed by atoms with Gasteiger partial charge in [0, 0.05) is 11.1 Å². The van der Waals surface area contributed by atoms with Crippen LogP contribution in [0.4, 0.5) is 0 Å². The van der Waals surface area contributed by atoms with E-state index >= 15 is 0 Å². The average molecular weight is 313 g/mol. The van der Waals surface area contributed by atoms with E-state index in [0.29, 0.717) is 0 Å². The predicted molar refractivity (Wildman–Crippen MR) is 101 cm³/mol. The number of unbranched alkanes of at least 4 members (excludes halogenated alkanes) is 8. The second-order valence-corrected chi connectivity index (χ2v) is 8.32. The van der Waals surface area contributed by atoms with Crippen molar-refractivity contribution >= 4 is 0 Å². The molecule has 0 saturated carbocycles. The second-order valence-electron chi connectivity index (χ2n) is 8.32. The standard InChI is InChI=1S/C11H24.C9H20N2/c1-3-5-7-9-11-10-8-6-4-2;1-8(2)6-5-7-9(3,4)11(8)10/h3-11H2,1-2H3;5-7,10H2,1-4H3. The quantitative estimate of drug-likeness (QED) is 0.413. The molecule has 0 aromatic heterocycles. The summed E-state index contributed by atoms with van der Waals surface area (Å²) in [5, 5.41) is 2.02. The second kappa shape index (κ2) is 11.5. The van der Waals surface area contributed by atoms with E-state index < -0.39 is 0 Å². The summed E-state index contributed by atoms with van der Waals surface area (Å²) >= 11 is 0. The van der Waals surface area contributed by atoms with Crippen LogP contribution in [0, 0.1) is 0 Å². The van der Waals surface area contributed by atoms with Crippen molar-refractivity contribution in [2.45, 2.75) is 130 Å². The van der Waals surface area contributed by atoms with Gasteiger partial charge in [-0.1, -0.05) is 71.6 Å². The third kappa shape index (κ3) is 9.15. The van der Waals surface area contributed by atoms with Crippen molar-refractivity contribution in [2.75, 3.05) is 0 Å². The van der Waals surface area contributed by atoms with E-state index in [1.807, 2.05) is 5.01 Å². The molecule has 0 aromatic rings.